The Hall–Kier alpha value is -2.38. The highest BCUT2D eigenvalue weighted by atomic mass is 19.3. The summed E-state index contributed by atoms with van der Waals surface area (Å²) in [5.41, 5.74) is 0.525. The molecule has 4 saturated carbocycles. The molecule has 6 nitrogen and oxygen atoms in total. The fourth-order valence-corrected chi connectivity index (χ4v) is 5.75. The monoisotopic (exact) mass is 408 g/mol. The topological polar surface area (TPSA) is 69.2 Å². The summed E-state index contributed by atoms with van der Waals surface area (Å²) in [7, 11) is 1.36. The van der Waals surface area contributed by atoms with Crippen molar-refractivity contribution in [2.24, 2.45) is 22.9 Å². The van der Waals surface area contributed by atoms with Crippen molar-refractivity contribution in [2.45, 2.75) is 50.7 Å². The first-order valence-electron chi connectivity index (χ1n) is 10.0. The largest absolute Gasteiger partial charge is 0.493 e. The van der Waals surface area contributed by atoms with Gasteiger partial charge in [-0.2, -0.15) is 8.78 Å². The van der Waals surface area contributed by atoms with Gasteiger partial charge in [0.1, 0.15) is 0 Å². The molecule has 4 aliphatic carbocycles. The third-order valence-corrected chi connectivity index (χ3v) is 6.32. The van der Waals surface area contributed by atoms with Crippen LogP contribution < -0.4 is 14.8 Å². The zero-order chi connectivity index (χ0) is 20.4. The van der Waals surface area contributed by atoms with Crippen molar-refractivity contribution in [3.63, 3.8) is 0 Å². The van der Waals surface area contributed by atoms with E-state index >= 15 is 0 Å². The van der Waals surface area contributed by atoms with E-state index in [4.69, 9.17) is 9.57 Å². The van der Waals surface area contributed by atoms with E-state index in [0.717, 1.165) is 37.0 Å². The predicted octanol–water partition coefficient (Wildman–Crippen LogP) is 3.73. The summed E-state index contributed by atoms with van der Waals surface area (Å²) in [5, 5.41) is 7.03. The van der Waals surface area contributed by atoms with Gasteiger partial charge < -0.3 is 19.6 Å². The van der Waals surface area contributed by atoms with Crippen LogP contribution in [0.15, 0.2) is 23.4 Å². The smallest absolute Gasteiger partial charge is 0.387 e. The van der Waals surface area contributed by atoms with Crippen LogP contribution in [0.3, 0.4) is 0 Å². The van der Waals surface area contributed by atoms with E-state index in [1.165, 1.54) is 44.7 Å². The molecule has 0 saturated heterocycles. The lowest BCUT2D eigenvalue weighted by atomic mass is 9.53. The number of rotatable bonds is 8. The number of halogens is 2. The van der Waals surface area contributed by atoms with E-state index in [9.17, 15) is 13.6 Å². The number of hydrogen-bond acceptors (Lipinski definition) is 5. The third kappa shape index (κ3) is 4.62. The van der Waals surface area contributed by atoms with Crippen molar-refractivity contribution in [1.82, 2.24) is 5.32 Å². The number of carbonyl (C=O) groups is 1. The number of amides is 1. The lowest BCUT2D eigenvalue weighted by Gasteiger charge is -2.56. The molecular weight excluding hydrogens is 382 g/mol. The first kappa shape index (κ1) is 19.9. The highest BCUT2D eigenvalue weighted by molar-refractivity contribution is 5.81. The van der Waals surface area contributed by atoms with Crippen LogP contribution >= 0.6 is 0 Å². The van der Waals surface area contributed by atoms with E-state index < -0.39 is 6.61 Å². The lowest BCUT2D eigenvalue weighted by Crippen LogP contribution is -2.60. The first-order valence-corrected chi connectivity index (χ1v) is 10.0. The minimum absolute atomic E-state index is 0.0488. The lowest BCUT2D eigenvalue weighted by molar-refractivity contribution is -0.131. The molecule has 1 amide bonds. The average molecular weight is 408 g/mol. The Morgan fingerprint density at radius 1 is 1.21 bits per heavy atom. The molecule has 1 N–H and O–H groups in total. The Morgan fingerprint density at radius 2 is 1.86 bits per heavy atom. The number of benzene rings is 1. The molecule has 0 atom stereocenters. The molecule has 4 fully saturated rings. The van der Waals surface area contributed by atoms with Gasteiger partial charge in [0.25, 0.3) is 5.91 Å². The van der Waals surface area contributed by atoms with Crippen LogP contribution in [0.4, 0.5) is 8.78 Å². The second kappa shape index (κ2) is 8.16. The van der Waals surface area contributed by atoms with Gasteiger partial charge in [0.15, 0.2) is 18.1 Å². The summed E-state index contributed by atoms with van der Waals surface area (Å²) in [6.45, 7) is -3.08. The zero-order valence-corrected chi connectivity index (χ0v) is 16.4. The van der Waals surface area contributed by atoms with Crippen molar-refractivity contribution >= 4 is 12.1 Å². The van der Waals surface area contributed by atoms with Gasteiger partial charge in [-0.3, -0.25) is 4.79 Å². The number of ether oxygens (including phenoxy) is 2. The van der Waals surface area contributed by atoms with Gasteiger partial charge in [-0.1, -0.05) is 5.16 Å². The molecule has 29 heavy (non-hydrogen) atoms. The standard InChI is InChI=1S/C21H26F2N2O4/c1-27-18-7-13(2-3-17(18)29-20(22)23)11-24-28-12-19(26)25-21-8-14-4-15(9-21)6-16(5-14)10-21/h2-3,7,11,14-16,20H,4-6,8-10,12H2,1H3,(H,25,26)/b24-11+. The SMILES string of the molecule is COc1cc(/C=N/OCC(=O)NC23CC4CC(CC(C4)C2)C3)ccc1OC(F)F. The van der Waals surface area contributed by atoms with Gasteiger partial charge in [0.2, 0.25) is 0 Å². The van der Waals surface area contributed by atoms with E-state index in [0.29, 0.717) is 5.56 Å². The molecule has 0 unspecified atom stereocenters. The highest BCUT2D eigenvalue weighted by Crippen LogP contribution is 2.55. The van der Waals surface area contributed by atoms with Gasteiger partial charge >= 0.3 is 6.61 Å². The summed E-state index contributed by atoms with van der Waals surface area (Å²) >= 11 is 0. The number of nitrogens with zero attached hydrogens (tertiary/aromatic N) is 1. The van der Waals surface area contributed by atoms with Crippen molar-refractivity contribution in [2.75, 3.05) is 13.7 Å². The molecular formula is C21H26F2N2O4. The number of carbonyl (C=O) groups excluding carboxylic acids is 1. The Bertz CT molecular complexity index is 749. The van der Waals surface area contributed by atoms with Gasteiger partial charge in [0.05, 0.1) is 13.3 Å². The van der Waals surface area contributed by atoms with E-state index in [1.54, 1.807) is 6.07 Å². The number of nitrogens with one attached hydrogen (secondary N) is 1. The molecule has 1 aromatic rings. The summed E-state index contributed by atoms with van der Waals surface area (Å²) in [4.78, 5) is 17.5. The fraction of sp³-hybridized carbons (Fsp3) is 0.619. The second-order valence-corrected chi connectivity index (χ2v) is 8.54. The minimum Gasteiger partial charge on any atom is -0.493 e. The van der Waals surface area contributed by atoms with Crippen molar-refractivity contribution in [3.05, 3.63) is 23.8 Å². The zero-order valence-electron chi connectivity index (χ0n) is 16.4. The maximum atomic E-state index is 12.4. The molecule has 8 heteroatoms. The molecule has 0 radical (unpaired) electrons. The van der Waals surface area contributed by atoms with E-state index in [1.807, 2.05) is 0 Å². The Balaban J connectivity index is 1.28. The van der Waals surface area contributed by atoms with Crippen LogP contribution in [0, 0.1) is 17.8 Å². The van der Waals surface area contributed by atoms with E-state index in [2.05, 4.69) is 15.2 Å². The van der Waals surface area contributed by atoms with Crippen LogP contribution in [-0.4, -0.2) is 38.0 Å². The molecule has 4 aliphatic rings. The van der Waals surface area contributed by atoms with Gasteiger partial charge in [-0.25, -0.2) is 0 Å². The third-order valence-electron chi connectivity index (χ3n) is 6.32. The van der Waals surface area contributed by atoms with Crippen molar-refractivity contribution in [1.29, 1.82) is 0 Å². The Kier molecular flexibility index (Phi) is 5.61. The molecule has 4 bridgehead atoms. The summed E-state index contributed by atoms with van der Waals surface area (Å²) in [5.74, 6) is 2.22. The van der Waals surface area contributed by atoms with Gasteiger partial charge in [0, 0.05) is 11.1 Å². The molecule has 1 aromatic carbocycles. The van der Waals surface area contributed by atoms with Crippen LogP contribution in [0.2, 0.25) is 0 Å². The molecule has 5 rings (SSSR count). The van der Waals surface area contributed by atoms with Crippen LogP contribution in [0.25, 0.3) is 0 Å². The van der Waals surface area contributed by atoms with Gasteiger partial charge in [-0.05, 0) is 74.5 Å². The van der Waals surface area contributed by atoms with E-state index in [-0.39, 0.29) is 29.6 Å². The van der Waals surface area contributed by atoms with Gasteiger partial charge in [-0.15, -0.1) is 0 Å². The maximum absolute atomic E-state index is 12.4. The molecule has 0 spiro atoms. The van der Waals surface area contributed by atoms with Crippen molar-refractivity contribution < 1.29 is 27.9 Å². The molecule has 0 aliphatic heterocycles. The quantitative estimate of drug-likeness (QED) is 0.526. The summed E-state index contributed by atoms with van der Waals surface area (Å²) in [6, 6.07) is 4.41. The average Bonchev–Trinajstić information content (AvgIpc) is 2.64. The number of hydrogen-bond donors (Lipinski definition) is 1. The molecule has 158 valence electrons. The highest BCUT2D eigenvalue weighted by Gasteiger charge is 2.51. The minimum atomic E-state index is -2.93. The predicted molar refractivity (Wildman–Crippen MR) is 102 cm³/mol. The number of methoxy groups -OCH3 is 1. The Labute approximate surface area is 168 Å². The summed E-state index contributed by atoms with van der Waals surface area (Å²) < 4.78 is 34.2. The number of oxime groups is 1. The fourth-order valence-electron chi connectivity index (χ4n) is 5.75. The maximum Gasteiger partial charge on any atom is 0.387 e. The molecule has 0 heterocycles. The Morgan fingerprint density at radius 3 is 2.45 bits per heavy atom. The van der Waals surface area contributed by atoms with Crippen LogP contribution in [0.5, 0.6) is 11.5 Å². The van der Waals surface area contributed by atoms with Crippen LogP contribution in [-0.2, 0) is 9.63 Å². The van der Waals surface area contributed by atoms with Crippen molar-refractivity contribution in [3.8, 4) is 11.5 Å². The van der Waals surface area contributed by atoms with Crippen LogP contribution in [0.1, 0.15) is 44.1 Å². The summed E-state index contributed by atoms with van der Waals surface area (Å²) in [6.07, 6.45) is 8.61. The number of alkyl halides is 2. The normalized spacial score (nSPS) is 30.0. The second-order valence-electron chi connectivity index (χ2n) is 8.54. The molecule has 0 aromatic heterocycles. The first-order chi connectivity index (χ1) is 13.9.